The molecule has 0 saturated heterocycles. The highest BCUT2D eigenvalue weighted by molar-refractivity contribution is 7.98. The average Bonchev–Trinajstić information content (AvgIpc) is 3.38. The number of benzene rings is 1. The van der Waals surface area contributed by atoms with E-state index in [-0.39, 0.29) is 5.56 Å². The minimum absolute atomic E-state index is 0.000112. The topological polar surface area (TPSA) is 106 Å². The number of alkyl halides is 3. The predicted octanol–water partition coefficient (Wildman–Crippen LogP) is 4.43. The molecule has 0 saturated carbocycles. The number of carbonyl (C=O) groups is 1. The first-order chi connectivity index (χ1) is 15.1. The predicted molar refractivity (Wildman–Crippen MR) is 114 cm³/mol. The average molecular weight is 501 g/mol. The van der Waals surface area contributed by atoms with Gasteiger partial charge in [-0.25, -0.2) is 9.97 Å². The van der Waals surface area contributed by atoms with Crippen LogP contribution in [-0.2, 0) is 0 Å². The Morgan fingerprint density at radius 1 is 1.31 bits per heavy atom. The van der Waals surface area contributed by atoms with Crippen LogP contribution in [0.25, 0.3) is 5.13 Å². The molecule has 1 atom stereocenters. The maximum absolute atomic E-state index is 12.8. The van der Waals surface area contributed by atoms with Crippen LogP contribution in [0.15, 0.2) is 34.4 Å². The highest BCUT2D eigenvalue weighted by Crippen LogP contribution is 2.29. The Labute approximate surface area is 193 Å². The molecule has 168 valence electrons. The maximum atomic E-state index is 12.8. The monoisotopic (exact) mass is 500 g/mol. The normalized spacial score (nSPS) is 12.3. The van der Waals surface area contributed by atoms with Crippen molar-refractivity contribution < 1.29 is 22.7 Å². The third-order valence-corrected chi connectivity index (χ3v) is 6.05. The number of carbonyl (C=O) groups excluding carboxylic acids is 1. The Balaban J connectivity index is 1.88. The molecule has 0 spiro atoms. The second-order valence-corrected chi connectivity index (χ2v) is 8.79. The third kappa shape index (κ3) is 5.72. The van der Waals surface area contributed by atoms with Gasteiger partial charge in [0.15, 0.2) is 5.82 Å². The van der Waals surface area contributed by atoms with Gasteiger partial charge in [0.25, 0.3) is 5.91 Å². The van der Waals surface area contributed by atoms with Crippen molar-refractivity contribution in [3.63, 3.8) is 0 Å². The van der Waals surface area contributed by atoms with Gasteiger partial charge in [-0.15, -0.1) is 30.0 Å². The lowest BCUT2D eigenvalue weighted by molar-refractivity contribution is -0.274. The molecule has 0 radical (unpaired) electrons. The van der Waals surface area contributed by atoms with Gasteiger partial charge in [-0.05, 0) is 37.6 Å². The molecule has 3 aromatic rings. The van der Waals surface area contributed by atoms with Crippen molar-refractivity contribution in [3.05, 3.63) is 40.7 Å². The van der Waals surface area contributed by atoms with Crippen LogP contribution in [0.2, 0.25) is 0 Å². The van der Waals surface area contributed by atoms with Crippen molar-refractivity contribution in [2.75, 3.05) is 12.5 Å². The largest absolute Gasteiger partial charge is 0.573 e. The molecule has 1 aromatic carbocycles. The van der Waals surface area contributed by atoms with Gasteiger partial charge in [0, 0.05) is 10.5 Å². The molecule has 0 aliphatic rings. The number of thioether (sulfide) groups is 2. The summed E-state index contributed by atoms with van der Waals surface area (Å²) >= 11 is 3.57. The van der Waals surface area contributed by atoms with Gasteiger partial charge in [-0.1, -0.05) is 23.1 Å². The van der Waals surface area contributed by atoms with Crippen LogP contribution in [0.3, 0.4) is 0 Å². The van der Waals surface area contributed by atoms with Gasteiger partial charge in [0.1, 0.15) is 16.7 Å². The maximum Gasteiger partial charge on any atom is 0.573 e. The summed E-state index contributed by atoms with van der Waals surface area (Å²) in [5.74, 6) is -0.742. The van der Waals surface area contributed by atoms with Crippen molar-refractivity contribution in [1.29, 1.82) is 5.26 Å². The zero-order chi connectivity index (χ0) is 23.5. The Kier molecular flexibility index (Phi) is 7.32. The van der Waals surface area contributed by atoms with Crippen molar-refractivity contribution >= 4 is 40.8 Å². The number of halogens is 3. The molecule has 2 aromatic heterocycles. The zero-order valence-electron chi connectivity index (χ0n) is 16.8. The van der Waals surface area contributed by atoms with E-state index in [1.54, 1.807) is 19.4 Å². The molecule has 0 bridgehead atoms. The van der Waals surface area contributed by atoms with Crippen LogP contribution in [0.1, 0.15) is 34.0 Å². The molecule has 8 nitrogen and oxygen atoms in total. The number of aromatic nitrogens is 4. The highest BCUT2D eigenvalue weighted by Gasteiger charge is 2.31. The Hall–Kier alpha value is -2.76. The van der Waals surface area contributed by atoms with E-state index in [0.717, 1.165) is 17.4 Å². The molecular formula is C18H15F3N6O2S3. The summed E-state index contributed by atoms with van der Waals surface area (Å²) < 4.78 is 43.3. The Morgan fingerprint density at radius 2 is 2.06 bits per heavy atom. The molecule has 0 aliphatic carbocycles. The van der Waals surface area contributed by atoms with Gasteiger partial charge < -0.3 is 10.1 Å². The highest BCUT2D eigenvalue weighted by atomic mass is 32.2. The van der Waals surface area contributed by atoms with E-state index in [1.807, 2.05) is 6.07 Å². The first kappa shape index (κ1) is 23.9. The first-order valence-corrected chi connectivity index (χ1v) is 12.0. The second-order valence-electron chi connectivity index (χ2n) is 6.13. The summed E-state index contributed by atoms with van der Waals surface area (Å²) in [5.41, 5.74) is 0.000112. The third-order valence-electron chi connectivity index (χ3n) is 3.93. The van der Waals surface area contributed by atoms with Crippen molar-refractivity contribution in [1.82, 2.24) is 25.1 Å². The van der Waals surface area contributed by atoms with Crippen LogP contribution in [-0.4, -0.2) is 44.5 Å². The number of nitriles is 1. The minimum Gasteiger partial charge on any atom is -0.406 e. The Bertz CT molecular complexity index is 1170. The number of hydrogen-bond acceptors (Lipinski definition) is 9. The summed E-state index contributed by atoms with van der Waals surface area (Å²) in [5, 5.41) is 16.9. The molecule has 0 fully saturated rings. The van der Waals surface area contributed by atoms with Crippen LogP contribution in [0, 0.1) is 11.3 Å². The lowest BCUT2D eigenvalue weighted by Gasteiger charge is -2.15. The van der Waals surface area contributed by atoms with Gasteiger partial charge in [-0.3, -0.25) is 4.79 Å². The molecule has 14 heteroatoms. The van der Waals surface area contributed by atoms with E-state index in [9.17, 15) is 18.0 Å². The molecule has 2 heterocycles. The van der Waals surface area contributed by atoms with Crippen LogP contribution >= 0.6 is 34.9 Å². The van der Waals surface area contributed by atoms with Gasteiger partial charge >= 0.3 is 6.36 Å². The fraction of sp³-hybridized carbons (Fsp3) is 0.278. The number of rotatable bonds is 7. The molecular weight excluding hydrogens is 485 g/mol. The van der Waals surface area contributed by atoms with Crippen molar-refractivity contribution in [3.8, 4) is 17.0 Å². The molecule has 1 N–H and O–H groups in total. The zero-order valence-corrected chi connectivity index (χ0v) is 19.2. The lowest BCUT2D eigenvalue weighted by atomic mass is 10.2. The summed E-state index contributed by atoms with van der Waals surface area (Å²) in [7, 11) is 0. The summed E-state index contributed by atoms with van der Waals surface area (Å²) in [6, 6.07) is 5.02. The standard InChI is InChI=1S/C18H15F3N6O2S3/c1-9(14-25-16(31-3)26-27(14)17-23-8-13(7-22)32-17)24-15(28)10-4-11(29-18(19,20)21)6-12(5-10)30-2/h4-6,8-9H,1-3H3,(H,24,28). The van der Waals surface area contributed by atoms with Crippen LogP contribution in [0.4, 0.5) is 13.2 Å². The van der Waals surface area contributed by atoms with Crippen molar-refractivity contribution in [2.45, 2.75) is 29.4 Å². The van der Waals surface area contributed by atoms with Crippen molar-refractivity contribution in [2.24, 2.45) is 0 Å². The second kappa shape index (κ2) is 9.80. The molecule has 32 heavy (non-hydrogen) atoms. The van der Waals surface area contributed by atoms with E-state index in [4.69, 9.17) is 5.26 Å². The van der Waals surface area contributed by atoms with Gasteiger partial charge in [0.2, 0.25) is 10.3 Å². The molecule has 1 unspecified atom stereocenters. The molecule has 1 amide bonds. The van der Waals surface area contributed by atoms with Gasteiger partial charge in [0.05, 0.1) is 12.2 Å². The van der Waals surface area contributed by atoms with Crippen LogP contribution < -0.4 is 10.1 Å². The van der Waals surface area contributed by atoms with E-state index in [1.165, 1.54) is 46.5 Å². The smallest absolute Gasteiger partial charge is 0.406 e. The summed E-state index contributed by atoms with van der Waals surface area (Å²) in [6.07, 6.45) is -0.0133. The van der Waals surface area contributed by atoms with E-state index >= 15 is 0 Å². The number of amides is 1. The minimum atomic E-state index is -4.88. The number of thiazole rings is 1. The number of ether oxygens (including phenoxy) is 1. The quantitative estimate of drug-likeness (QED) is 0.475. The summed E-state index contributed by atoms with van der Waals surface area (Å²) in [6.45, 7) is 1.66. The van der Waals surface area contributed by atoms with Crippen LogP contribution in [0.5, 0.6) is 5.75 Å². The van der Waals surface area contributed by atoms with E-state index < -0.39 is 24.1 Å². The SMILES string of the molecule is CSc1cc(OC(F)(F)F)cc(C(=O)NC(C)c2nc(SC)nn2-c2ncc(C#N)s2)c1. The fourth-order valence-corrected chi connectivity index (χ4v) is 4.09. The fourth-order valence-electron chi connectivity index (χ4n) is 2.58. The number of hydrogen-bond donors (Lipinski definition) is 1. The number of nitrogens with one attached hydrogen (secondary N) is 1. The van der Waals surface area contributed by atoms with E-state index in [0.29, 0.717) is 25.9 Å². The molecule has 3 rings (SSSR count). The summed E-state index contributed by atoms with van der Waals surface area (Å²) in [4.78, 5) is 22.2. The first-order valence-electron chi connectivity index (χ1n) is 8.76. The number of nitrogens with zero attached hydrogens (tertiary/aromatic N) is 5. The van der Waals surface area contributed by atoms with Gasteiger partial charge in [-0.2, -0.15) is 9.94 Å². The lowest BCUT2D eigenvalue weighted by Crippen LogP contribution is -2.29. The Morgan fingerprint density at radius 3 is 2.66 bits per heavy atom. The molecule has 0 aliphatic heterocycles. The van der Waals surface area contributed by atoms with E-state index in [2.05, 4.69) is 25.1 Å².